The highest BCUT2D eigenvalue weighted by Gasteiger charge is 2.45. The maximum atomic E-state index is 12.6. The summed E-state index contributed by atoms with van der Waals surface area (Å²) >= 11 is 6.07. The number of hydrogen-bond donors (Lipinski definition) is 0. The number of ether oxygens (including phenoxy) is 1. The molecule has 4 rings (SSSR count). The number of rotatable bonds is 6. The molecule has 3 fully saturated rings. The van der Waals surface area contributed by atoms with Crippen LogP contribution in [0.15, 0.2) is 24.3 Å². The molecule has 5 nitrogen and oxygen atoms in total. The van der Waals surface area contributed by atoms with Gasteiger partial charge in [0, 0.05) is 38.0 Å². The van der Waals surface area contributed by atoms with Gasteiger partial charge in [0.1, 0.15) is 5.75 Å². The number of halogens is 1. The van der Waals surface area contributed by atoms with Crippen LogP contribution in [0.25, 0.3) is 0 Å². The van der Waals surface area contributed by atoms with E-state index in [1.165, 1.54) is 0 Å². The number of carbonyl (C=O) groups is 2. The van der Waals surface area contributed by atoms with E-state index in [-0.39, 0.29) is 5.91 Å². The molecule has 0 spiro atoms. The first-order chi connectivity index (χ1) is 13.1. The number of amides is 2. The predicted molar refractivity (Wildman–Crippen MR) is 104 cm³/mol. The van der Waals surface area contributed by atoms with Gasteiger partial charge in [-0.15, -0.1) is 0 Å². The molecule has 1 saturated carbocycles. The van der Waals surface area contributed by atoms with E-state index >= 15 is 0 Å². The second-order valence-corrected chi connectivity index (χ2v) is 8.32. The Morgan fingerprint density at radius 3 is 2.78 bits per heavy atom. The van der Waals surface area contributed by atoms with Gasteiger partial charge in [-0.1, -0.05) is 23.7 Å². The van der Waals surface area contributed by atoms with E-state index in [9.17, 15) is 9.59 Å². The Balaban J connectivity index is 1.23. The summed E-state index contributed by atoms with van der Waals surface area (Å²) in [6.07, 6.45) is 5.98. The van der Waals surface area contributed by atoms with Crippen LogP contribution in [0.5, 0.6) is 5.75 Å². The minimum absolute atomic E-state index is 0.200. The maximum Gasteiger partial charge on any atom is 0.223 e. The molecule has 2 heterocycles. The van der Waals surface area contributed by atoms with E-state index in [1.807, 2.05) is 23.1 Å². The molecule has 2 amide bonds. The smallest absolute Gasteiger partial charge is 0.223 e. The van der Waals surface area contributed by atoms with E-state index in [1.54, 1.807) is 6.07 Å². The quantitative estimate of drug-likeness (QED) is 0.698. The van der Waals surface area contributed by atoms with Gasteiger partial charge in [0.05, 0.1) is 11.6 Å². The molecular weight excluding hydrogens is 364 g/mol. The number of fused-ring (bicyclic) bond motifs is 1. The zero-order valence-electron chi connectivity index (χ0n) is 15.6. The van der Waals surface area contributed by atoms with Gasteiger partial charge in [0.15, 0.2) is 0 Å². The fourth-order valence-electron chi connectivity index (χ4n) is 4.47. The lowest BCUT2D eigenvalue weighted by Gasteiger charge is -2.47. The lowest BCUT2D eigenvalue weighted by Crippen LogP contribution is -2.57. The minimum atomic E-state index is 0.200. The van der Waals surface area contributed by atoms with E-state index in [0.717, 1.165) is 38.8 Å². The lowest BCUT2D eigenvalue weighted by molar-refractivity contribution is -0.145. The summed E-state index contributed by atoms with van der Waals surface area (Å²) in [5.41, 5.74) is 0. The first-order valence-electron chi connectivity index (χ1n) is 10.1. The van der Waals surface area contributed by atoms with Crippen LogP contribution in [0.1, 0.15) is 44.9 Å². The Bertz CT molecular complexity index is 706. The summed E-state index contributed by atoms with van der Waals surface area (Å²) < 4.78 is 5.67. The zero-order chi connectivity index (χ0) is 18.8. The van der Waals surface area contributed by atoms with Gasteiger partial charge < -0.3 is 14.5 Å². The molecule has 0 unspecified atom stereocenters. The Hall–Kier alpha value is -1.75. The van der Waals surface area contributed by atoms with E-state index in [4.69, 9.17) is 16.3 Å². The maximum absolute atomic E-state index is 12.6. The highest BCUT2D eigenvalue weighted by molar-refractivity contribution is 6.32. The van der Waals surface area contributed by atoms with Gasteiger partial charge in [0.2, 0.25) is 11.8 Å². The molecule has 2 atom stereocenters. The van der Waals surface area contributed by atoms with Gasteiger partial charge in [-0.25, -0.2) is 0 Å². The van der Waals surface area contributed by atoms with Gasteiger partial charge >= 0.3 is 0 Å². The van der Waals surface area contributed by atoms with Crippen LogP contribution in [-0.4, -0.2) is 53.4 Å². The molecule has 1 aromatic carbocycles. The normalized spacial score (nSPS) is 25.3. The van der Waals surface area contributed by atoms with Crippen LogP contribution in [0, 0.1) is 5.92 Å². The van der Waals surface area contributed by atoms with Crippen molar-refractivity contribution >= 4 is 23.4 Å². The van der Waals surface area contributed by atoms with Crippen LogP contribution >= 0.6 is 11.6 Å². The monoisotopic (exact) mass is 390 g/mol. The van der Waals surface area contributed by atoms with E-state index in [0.29, 0.717) is 60.6 Å². The van der Waals surface area contributed by atoms with Crippen molar-refractivity contribution in [1.82, 2.24) is 9.80 Å². The topological polar surface area (TPSA) is 49.9 Å². The molecule has 0 N–H and O–H groups in total. The third-order valence-corrected chi connectivity index (χ3v) is 6.30. The second kappa shape index (κ2) is 8.09. The zero-order valence-corrected chi connectivity index (χ0v) is 16.4. The van der Waals surface area contributed by atoms with Gasteiger partial charge in [0.25, 0.3) is 0 Å². The molecule has 1 aromatic rings. The highest BCUT2D eigenvalue weighted by Crippen LogP contribution is 2.39. The Labute approximate surface area is 165 Å². The molecule has 1 aliphatic carbocycles. The molecule has 2 saturated heterocycles. The van der Waals surface area contributed by atoms with Crippen molar-refractivity contribution in [3.05, 3.63) is 29.3 Å². The van der Waals surface area contributed by atoms with Crippen molar-refractivity contribution in [2.75, 3.05) is 19.7 Å². The largest absolute Gasteiger partial charge is 0.492 e. The number of piperidine rings is 2. The third kappa shape index (κ3) is 4.23. The molecule has 3 aliphatic rings. The summed E-state index contributed by atoms with van der Waals surface area (Å²) in [5.74, 6) is 1.64. The van der Waals surface area contributed by atoms with Crippen molar-refractivity contribution < 1.29 is 14.3 Å². The number of para-hydroxylation sites is 1. The Morgan fingerprint density at radius 2 is 2.00 bits per heavy atom. The van der Waals surface area contributed by atoms with Crippen LogP contribution in [-0.2, 0) is 9.59 Å². The number of likely N-dealkylation sites (tertiary alicyclic amines) is 2. The van der Waals surface area contributed by atoms with Gasteiger partial charge in [-0.2, -0.15) is 0 Å². The predicted octanol–water partition coefficient (Wildman–Crippen LogP) is 3.50. The van der Waals surface area contributed by atoms with Crippen LogP contribution in [0.2, 0.25) is 5.02 Å². The third-order valence-electron chi connectivity index (χ3n) is 5.99. The summed E-state index contributed by atoms with van der Waals surface area (Å²) in [4.78, 5) is 29.0. The summed E-state index contributed by atoms with van der Waals surface area (Å²) in [5, 5.41) is 0.595. The van der Waals surface area contributed by atoms with Crippen molar-refractivity contribution in [2.45, 2.75) is 57.0 Å². The summed E-state index contributed by atoms with van der Waals surface area (Å²) in [6.45, 7) is 2.05. The first-order valence-corrected chi connectivity index (χ1v) is 10.5. The SMILES string of the molecule is O=C(CCCOc1ccccc1Cl)N1CC[C@@H]2[C@H](CCC(=O)N2C2CC2)C1. The fraction of sp³-hybridized carbons (Fsp3) is 0.619. The van der Waals surface area contributed by atoms with Crippen LogP contribution in [0.3, 0.4) is 0 Å². The molecular formula is C21H27ClN2O3. The van der Waals surface area contributed by atoms with Gasteiger partial charge in [-0.3, -0.25) is 9.59 Å². The van der Waals surface area contributed by atoms with E-state index < -0.39 is 0 Å². The Morgan fingerprint density at radius 1 is 1.19 bits per heavy atom. The summed E-state index contributed by atoms with van der Waals surface area (Å²) in [6, 6.07) is 8.22. The van der Waals surface area contributed by atoms with Crippen molar-refractivity contribution in [1.29, 1.82) is 0 Å². The Kier molecular flexibility index (Phi) is 5.58. The average Bonchev–Trinajstić information content (AvgIpc) is 3.51. The van der Waals surface area contributed by atoms with Crippen LogP contribution < -0.4 is 4.74 Å². The van der Waals surface area contributed by atoms with Crippen molar-refractivity contribution in [3.8, 4) is 5.75 Å². The van der Waals surface area contributed by atoms with Gasteiger partial charge in [-0.05, 0) is 50.2 Å². The van der Waals surface area contributed by atoms with Crippen LogP contribution in [0.4, 0.5) is 0 Å². The van der Waals surface area contributed by atoms with Crippen molar-refractivity contribution in [2.24, 2.45) is 5.92 Å². The number of nitrogens with zero attached hydrogens (tertiary/aromatic N) is 2. The molecule has 0 radical (unpaired) electrons. The second-order valence-electron chi connectivity index (χ2n) is 7.91. The standard InChI is InChI=1S/C21H27ClN2O3/c22-17-4-1-2-5-19(17)27-13-3-6-20(25)23-12-11-18-15(14-23)7-10-21(26)24(18)16-8-9-16/h1-2,4-5,15-16,18H,3,6-14H2/t15-,18-/m1/s1. The summed E-state index contributed by atoms with van der Waals surface area (Å²) in [7, 11) is 0. The highest BCUT2D eigenvalue weighted by atomic mass is 35.5. The fourth-order valence-corrected chi connectivity index (χ4v) is 4.66. The molecule has 27 heavy (non-hydrogen) atoms. The number of hydrogen-bond acceptors (Lipinski definition) is 3. The molecule has 146 valence electrons. The number of carbonyl (C=O) groups excluding carboxylic acids is 2. The molecule has 2 aliphatic heterocycles. The minimum Gasteiger partial charge on any atom is -0.492 e. The van der Waals surface area contributed by atoms with Crippen molar-refractivity contribution in [3.63, 3.8) is 0 Å². The lowest BCUT2D eigenvalue weighted by atomic mass is 9.83. The molecule has 0 aromatic heterocycles. The number of benzene rings is 1. The molecule has 0 bridgehead atoms. The average molecular weight is 391 g/mol. The first kappa shape index (κ1) is 18.6. The molecule has 6 heteroatoms. The van der Waals surface area contributed by atoms with E-state index in [2.05, 4.69) is 4.90 Å².